The molecule has 6 nitrogen and oxygen atoms in total. The minimum Gasteiger partial charge on any atom is -0.387 e. The van der Waals surface area contributed by atoms with Crippen LogP contribution in [0.15, 0.2) is 48.1 Å². The molecule has 1 aliphatic heterocycles. The quantitative estimate of drug-likeness (QED) is 0.730. The lowest BCUT2D eigenvalue weighted by Gasteiger charge is -2.37. The number of thiophene rings is 1. The molecule has 3 aromatic heterocycles. The summed E-state index contributed by atoms with van der Waals surface area (Å²) in [6.45, 7) is 3.94. The topological polar surface area (TPSA) is 71.4 Å². The molecule has 0 aromatic carbocycles. The summed E-state index contributed by atoms with van der Waals surface area (Å²) in [7, 11) is 0. The number of pyridine rings is 1. The molecule has 3 aromatic rings. The van der Waals surface area contributed by atoms with E-state index in [1.54, 1.807) is 23.7 Å². The van der Waals surface area contributed by atoms with Crippen LogP contribution < -0.4 is 4.90 Å². The van der Waals surface area contributed by atoms with Gasteiger partial charge in [-0.25, -0.2) is 9.97 Å². The van der Waals surface area contributed by atoms with Gasteiger partial charge in [0.05, 0.1) is 25.4 Å². The molecule has 2 unspecified atom stereocenters. The molecule has 7 heteroatoms. The van der Waals surface area contributed by atoms with Crippen molar-refractivity contribution in [3.63, 3.8) is 0 Å². The second kappa shape index (κ2) is 8.12. The lowest BCUT2D eigenvalue weighted by atomic mass is 10.1. The van der Waals surface area contributed by atoms with E-state index in [0.29, 0.717) is 25.5 Å². The van der Waals surface area contributed by atoms with E-state index in [9.17, 15) is 5.11 Å². The van der Waals surface area contributed by atoms with Crippen LogP contribution in [0, 0.1) is 6.92 Å². The maximum atomic E-state index is 10.6. The molecule has 1 saturated heterocycles. The molecule has 0 amide bonds. The Bertz CT molecular complexity index is 873. The molecule has 0 bridgehead atoms. The number of hydrogen-bond donors (Lipinski definition) is 1. The van der Waals surface area contributed by atoms with E-state index in [-0.39, 0.29) is 6.04 Å². The number of anilines is 1. The van der Waals surface area contributed by atoms with Crippen LogP contribution in [0.3, 0.4) is 0 Å². The Labute approximate surface area is 162 Å². The van der Waals surface area contributed by atoms with Crippen LogP contribution in [0.1, 0.15) is 23.1 Å². The number of aliphatic hydroxyl groups is 1. The number of aromatic nitrogens is 3. The Morgan fingerprint density at radius 1 is 1.33 bits per heavy atom. The van der Waals surface area contributed by atoms with Crippen molar-refractivity contribution < 1.29 is 9.84 Å². The van der Waals surface area contributed by atoms with Crippen LogP contribution in [0.4, 0.5) is 5.82 Å². The zero-order valence-corrected chi connectivity index (χ0v) is 16.0. The summed E-state index contributed by atoms with van der Waals surface area (Å²) in [6, 6.07) is 9.84. The Morgan fingerprint density at radius 3 is 3.04 bits per heavy atom. The maximum absolute atomic E-state index is 10.6. The monoisotopic (exact) mass is 382 g/mol. The molecule has 1 fully saturated rings. The van der Waals surface area contributed by atoms with Crippen molar-refractivity contribution in [2.24, 2.45) is 0 Å². The summed E-state index contributed by atoms with van der Waals surface area (Å²) < 4.78 is 5.69. The van der Waals surface area contributed by atoms with Gasteiger partial charge in [0.1, 0.15) is 5.82 Å². The molecule has 4 heterocycles. The van der Waals surface area contributed by atoms with Crippen LogP contribution >= 0.6 is 11.3 Å². The summed E-state index contributed by atoms with van der Waals surface area (Å²) >= 11 is 1.58. The van der Waals surface area contributed by atoms with Crippen LogP contribution in [0.25, 0.3) is 11.4 Å². The summed E-state index contributed by atoms with van der Waals surface area (Å²) in [4.78, 5) is 16.7. The Balaban J connectivity index is 1.61. The van der Waals surface area contributed by atoms with Gasteiger partial charge in [-0.05, 0) is 30.5 Å². The first-order chi connectivity index (χ1) is 13.2. The highest BCUT2D eigenvalue weighted by atomic mass is 32.1. The average Bonchev–Trinajstić information content (AvgIpc) is 3.24. The number of morpholine rings is 1. The third-order valence-electron chi connectivity index (χ3n) is 4.65. The van der Waals surface area contributed by atoms with Crippen molar-refractivity contribution >= 4 is 17.2 Å². The van der Waals surface area contributed by atoms with Crippen molar-refractivity contribution in [2.45, 2.75) is 25.5 Å². The van der Waals surface area contributed by atoms with Crippen LogP contribution in [-0.4, -0.2) is 45.9 Å². The average molecular weight is 382 g/mol. The second-order valence-corrected chi connectivity index (χ2v) is 7.60. The van der Waals surface area contributed by atoms with Crippen molar-refractivity contribution in [2.75, 3.05) is 24.7 Å². The van der Waals surface area contributed by atoms with Gasteiger partial charge in [0.25, 0.3) is 0 Å². The molecular formula is C20H22N4O2S. The lowest BCUT2D eigenvalue weighted by Crippen LogP contribution is -2.46. The SMILES string of the molecule is Cc1cc(N2CCOCC2CC(O)c2cccs2)nc(-c2cccnc2)n1. The number of rotatable bonds is 5. The van der Waals surface area contributed by atoms with Crippen molar-refractivity contribution in [3.05, 3.63) is 58.7 Å². The van der Waals surface area contributed by atoms with Gasteiger partial charge >= 0.3 is 0 Å². The van der Waals surface area contributed by atoms with Gasteiger partial charge in [-0.2, -0.15) is 0 Å². The summed E-state index contributed by atoms with van der Waals surface area (Å²) in [6.07, 6.45) is 3.62. The predicted molar refractivity (Wildman–Crippen MR) is 106 cm³/mol. The van der Waals surface area contributed by atoms with Gasteiger partial charge in [-0.15, -0.1) is 11.3 Å². The number of aliphatic hydroxyl groups excluding tert-OH is 1. The highest BCUT2D eigenvalue weighted by Crippen LogP contribution is 2.29. The Morgan fingerprint density at radius 2 is 2.26 bits per heavy atom. The molecule has 0 saturated carbocycles. The standard InChI is InChI=1S/C20H22N4O2S/c1-14-10-19(23-20(22-14)15-4-2-6-21-12-15)24-7-8-26-13-16(24)11-17(25)18-5-3-9-27-18/h2-6,9-10,12,16-17,25H,7-8,11,13H2,1H3. The molecular weight excluding hydrogens is 360 g/mol. The van der Waals surface area contributed by atoms with E-state index >= 15 is 0 Å². The fourth-order valence-corrected chi connectivity index (χ4v) is 4.05. The third kappa shape index (κ3) is 4.16. The molecule has 0 aliphatic carbocycles. The first-order valence-corrected chi connectivity index (χ1v) is 9.90. The minimum absolute atomic E-state index is 0.0619. The fraction of sp³-hybridized carbons (Fsp3) is 0.350. The van der Waals surface area contributed by atoms with Crippen LogP contribution in [0.5, 0.6) is 0 Å². The molecule has 4 rings (SSSR count). The zero-order chi connectivity index (χ0) is 18.6. The molecule has 0 spiro atoms. The first kappa shape index (κ1) is 18.0. The smallest absolute Gasteiger partial charge is 0.163 e. The Kier molecular flexibility index (Phi) is 5.42. The largest absolute Gasteiger partial charge is 0.387 e. The van der Waals surface area contributed by atoms with Gasteiger partial charge in [-0.1, -0.05) is 6.07 Å². The van der Waals surface area contributed by atoms with Gasteiger partial charge in [-0.3, -0.25) is 4.98 Å². The molecule has 27 heavy (non-hydrogen) atoms. The van der Waals surface area contributed by atoms with E-state index < -0.39 is 6.10 Å². The molecule has 1 N–H and O–H groups in total. The van der Waals surface area contributed by atoms with Crippen molar-refractivity contribution in [1.29, 1.82) is 0 Å². The van der Waals surface area contributed by atoms with Gasteiger partial charge in [0.15, 0.2) is 5.82 Å². The van der Waals surface area contributed by atoms with Crippen molar-refractivity contribution in [3.8, 4) is 11.4 Å². The van der Waals surface area contributed by atoms with E-state index in [1.165, 1.54) is 0 Å². The number of nitrogens with zero attached hydrogens (tertiary/aromatic N) is 4. The van der Waals surface area contributed by atoms with E-state index in [0.717, 1.165) is 28.5 Å². The highest BCUT2D eigenvalue weighted by molar-refractivity contribution is 7.10. The fourth-order valence-electron chi connectivity index (χ4n) is 3.33. The molecule has 2 atom stereocenters. The van der Waals surface area contributed by atoms with Crippen LogP contribution in [0.2, 0.25) is 0 Å². The lowest BCUT2D eigenvalue weighted by molar-refractivity contribution is 0.0684. The van der Waals surface area contributed by atoms with Gasteiger partial charge < -0.3 is 14.7 Å². The van der Waals surface area contributed by atoms with E-state index in [4.69, 9.17) is 9.72 Å². The van der Waals surface area contributed by atoms with Crippen molar-refractivity contribution in [1.82, 2.24) is 15.0 Å². The second-order valence-electron chi connectivity index (χ2n) is 6.62. The van der Waals surface area contributed by atoms with Crippen LogP contribution in [-0.2, 0) is 4.74 Å². The molecule has 140 valence electrons. The first-order valence-electron chi connectivity index (χ1n) is 9.02. The summed E-state index contributed by atoms with van der Waals surface area (Å²) in [5, 5.41) is 12.6. The zero-order valence-electron chi connectivity index (χ0n) is 15.2. The van der Waals surface area contributed by atoms with Gasteiger partial charge in [0.2, 0.25) is 0 Å². The summed E-state index contributed by atoms with van der Waals surface area (Å²) in [5.74, 6) is 1.54. The third-order valence-corrected chi connectivity index (χ3v) is 5.62. The maximum Gasteiger partial charge on any atom is 0.163 e. The normalized spacial score (nSPS) is 18.4. The Hall–Kier alpha value is -2.35. The highest BCUT2D eigenvalue weighted by Gasteiger charge is 2.28. The molecule has 0 radical (unpaired) electrons. The number of hydrogen-bond acceptors (Lipinski definition) is 7. The van der Waals surface area contributed by atoms with Gasteiger partial charge in [0, 0.05) is 47.6 Å². The van der Waals surface area contributed by atoms with E-state index in [2.05, 4.69) is 14.9 Å². The number of aryl methyl sites for hydroxylation is 1. The predicted octanol–water partition coefficient (Wildman–Crippen LogP) is 3.24. The minimum atomic E-state index is -0.500. The van der Waals surface area contributed by atoms with E-state index in [1.807, 2.05) is 42.6 Å². The summed E-state index contributed by atoms with van der Waals surface area (Å²) in [5.41, 5.74) is 1.80. The number of ether oxygens (including phenoxy) is 1. The molecule has 1 aliphatic rings.